The minimum atomic E-state index is -5.45. The molecule has 40 heavy (non-hydrogen) atoms. The number of hydrogen-bond donors (Lipinski definition) is 4. The van der Waals surface area contributed by atoms with E-state index in [2.05, 4.69) is 5.32 Å². The molecule has 3 aromatic rings. The third-order valence-corrected chi connectivity index (χ3v) is 6.23. The number of carbonyl (C=O) groups excluding carboxylic acids is 2. The number of halogens is 3. The lowest BCUT2D eigenvalue weighted by Crippen LogP contribution is -2.63. The van der Waals surface area contributed by atoms with Crippen LogP contribution in [0, 0.1) is 12.8 Å². The van der Waals surface area contributed by atoms with Crippen LogP contribution in [-0.2, 0) is 22.7 Å². The zero-order valence-corrected chi connectivity index (χ0v) is 22.0. The number of aliphatic hydroxyl groups is 2. The average Bonchev–Trinajstić information content (AvgIpc) is 2.90. The van der Waals surface area contributed by atoms with Crippen LogP contribution in [0.25, 0.3) is 11.1 Å². The van der Waals surface area contributed by atoms with Crippen LogP contribution in [0.1, 0.15) is 25.1 Å². The number of carbonyl (C=O) groups is 2. The molecule has 0 saturated carbocycles. The Morgan fingerprint density at radius 3 is 2.12 bits per heavy atom. The summed E-state index contributed by atoms with van der Waals surface area (Å²) in [6.07, 6.45) is -6.39. The molecule has 0 radical (unpaired) electrons. The monoisotopic (exact) mass is 561 g/mol. The SMILES string of the molecule is Cc1c(-c2ccccc2)cc(NC(=O)OCc2ccccc2)c(=O)n1CC(=O)NC(C(C)C)C(O)(O)C(F)(F)F. The Balaban J connectivity index is 1.94. The summed E-state index contributed by atoms with van der Waals surface area (Å²) >= 11 is 0. The Morgan fingerprint density at radius 1 is 1.00 bits per heavy atom. The number of aromatic nitrogens is 1. The maximum Gasteiger partial charge on any atom is 0.445 e. The predicted octanol–water partition coefficient (Wildman–Crippen LogP) is 3.96. The summed E-state index contributed by atoms with van der Waals surface area (Å²) < 4.78 is 46.0. The van der Waals surface area contributed by atoms with Gasteiger partial charge >= 0.3 is 12.3 Å². The van der Waals surface area contributed by atoms with E-state index in [0.29, 0.717) is 16.7 Å². The molecule has 0 saturated heterocycles. The Labute approximate surface area is 228 Å². The van der Waals surface area contributed by atoms with Crippen LogP contribution < -0.4 is 16.2 Å². The van der Waals surface area contributed by atoms with E-state index in [1.165, 1.54) is 26.8 Å². The zero-order chi connectivity index (χ0) is 29.7. The Kier molecular flexibility index (Phi) is 9.38. The molecular weight excluding hydrogens is 531 g/mol. The highest BCUT2D eigenvalue weighted by Crippen LogP contribution is 2.33. The lowest BCUT2D eigenvalue weighted by molar-refractivity contribution is -0.362. The van der Waals surface area contributed by atoms with Crippen molar-refractivity contribution in [2.24, 2.45) is 5.92 Å². The van der Waals surface area contributed by atoms with E-state index in [0.717, 1.165) is 4.57 Å². The van der Waals surface area contributed by atoms with Gasteiger partial charge in [0.2, 0.25) is 5.91 Å². The number of nitrogens with one attached hydrogen (secondary N) is 2. The number of hydrogen-bond acceptors (Lipinski definition) is 6. The summed E-state index contributed by atoms with van der Waals surface area (Å²) in [5, 5.41) is 23.9. The molecule has 1 unspecified atom stereocenters. The zero-order valence-electron chi connectivity index (χ0n) is 22.0. The van der Waals surface area contributed by atoms with Crippen molar-refractivity contribution >= 4 is 17.7 Å². The van der Waals surface area contributed by atoms with Gasteiger partial charge in [-0.2, -0.15) is 13.2 Å². The number of amides is 2. The second-order valence-electron chi connectivity index (χ2n) is 9.51. The van der Waals surface area contributed by atoms with Crippen LogP contribution in [0.3, 0.4) is 0 Å². The van der Waals surface area contributed by atoms with E-state index in [1.54, 1.807) is 60.7 Å². The third-order valence-electron chi connectivity index (χ3n) is 6.23. The first-order valence-corrected chi connectivity index (χ1v) is 12.3. The molecule has 3 rings (SSSR count). The number of pyridine rings is 1. The molecule has 0 aliphatic heterocycles. The van der Waals surface area contributed by atoms with Gasteiger partial charge in [0, 0.05) is 11.3 Å². The van der Waals surface area contributed by atoms with Crippen LogP contribution in [0.4, 0.5) is 23.7 Å². The van der Waals surface area contributed by atoms with Gasteiger partial charge in [-0.25, -0.2) is 4.79 Å². The van der Waals surface area contributed by atoms with Gasteiger partial charge in [0.25, 0.3) is 11.3 Å². The normalized spacial score (nSPS) is 12.6. The van der Waals surface area contributed by atoms with Crippen molar-refractivity contribution in [1.29, 1.82) is 0 Å². The smallest absolute Gasteiger partial charge is 0.444 e. The quantitative estimate of drug-likeness (QED) is 0.293. The van der Waals surface area contributed by atoms with E-state index in [9.17, 15) is 37.8 Å². The lowest BCUT2D eigenvalue weighted by atomic mass is 9.94. The molecule has 0 bridgehead atoms. The van der Waals surface area contributed by atoms with Crippen LogP contribution in [0.2, 0.25) is 0 Å². The molecule has 0 fully saturated rings. The number of ether oxygens (including phenoxy) is 1. The predicted molar refractivity (Wildman–Crippen MR) is 141 cm³/mol. The third kappa shape index (κ3) is 7.07. The van der Waals surface area contributed by atoms with Crippen molar-refractivity contribution < 1.29 is 37.7 Å². The van der Waals surface area contributed by atoms with Gasteiger partial charge < -0.3 is 24.8 Å². The Hall–Kier alpha value is -4.16. The Bertz CT molecular complexity index is 1390. The molecule has 9 nitrogen and oxygen atoms in total. The number of anilines is 1. The molecule has 2 amide bonds. The maximum atomic E-state index is 13.3. The van der Waals surface area contributed by atoms with Crippen molar-refractivity contribution in [3.05, 3.63) is 88.3 Å². The summed E-state index contributed by atoms with van der Waals surface area (Å²) in [5.41, 5.74) is 1.04. The number of benzene rings is 2. The van der Waals surface area contributed by atoms with Crippen LogP contribution >= 0.6 is 0 Å². The summed E-state index contributed by atoms with van der Waals surface area (Å²) in [7, 11) is 0. The van der Waals surface area contributed by atoms with Gasteiger partial charge in [0.05, 0.1) is 6.04 Å². The van der Waals surface area contributed by atoms with Crippen LogP contribution in [0.15, 0.2) is 71.5 Å². The minimum absolute atomic E-state index is 0.0689. The molecule has 1 aromatic heterocycles. The van der Waals surface area contributed by atoms with Crippen molar-refractivity contribution in [3.63, 3.8) is 0 Å². The molecular formula is C28H30F3N3O6. The lowest BCUT2D eigenvalue weighted by Gasteiger charge is -2.35. The second kappa shape index (κ2) is 12.3. The Morgan fingerprint density at radius 2 is 1.57 bits per heavy atom. The van der Waals surface area contributed by atoms with E-state index < -0.39 is 48.0 Å². The van der Waals surface area contributed by atoms with Gasteiger partial charge in [0.1, 0.15) is 18.8 Å². The van der Waals surface area contributed by atoms with Crippen molar-refractivity contribution in [3.8, 4) is 11.1 Å². The second-order valence-corrected chi connectivity index (χ2v) is 9.51. The number of rotatable bonds is 9. The highest BCUT2D eigenvalue weighted by molar-refractivity contribution is 5.86. The molecule has 214 valence electrons. The number of alkyl halides is 3. The van der Waals surface area contributed by atoms with Crippen molar-refractivity contribution in [2.75, 3.05) is 5.32 Å². The highest BCUT2D eigenvalue weighted by Gasteiger charge is 2.59. The number of nitrogens with zero attached hydrogens (tertiary/aromatic N) is 1. The van der Waals surface area contributed by atoms with Crippen molar-refractivity contribution in [1.82, 2.24) is 9.88 Å². The first-order chi connectivity index (χ1) is 18.7. The highest BCUT2D eigenvalue weighted by atomic mass is 19.4. The fourth-order valence-corrected chi connectivity index (χ4v) is 4.08. The topological polar surface area (TPSA) is 130 Å². The van der Waals surface area contributed by atoms with E-state index >= 15 is 0 Å². The summed E-state index contributed by atoms with van der Waals surface area (Å²) in [6.45, 7) is 3.24. The largest absolute Gasteiger partial charge is 0.445 e. The molecule has 0 spiro atoms. The summed E-state index contributed by atoms with van der Waals surface area (Å²) in [4.78, 5) is 38.7. The maximum absolute atomic E-state index is 13.3. The fraction of sp³-hybridized carbons (Fsp3) is 0.321. The van der Waals surface area contributed by atoms with Crippen molar-refractivity contribution in [2.45, 2.75) is 51.9 Å². The minimum Gasteiger partial charge on any atom is -0.444 e. The van der Waals surface area contributed by atoms with Gasteiger partial charge in [-0.05, 0) is 30.0 Å². The van der Waals surface area contributed by atoms with E-state index in [-0.39, 0.29) is 18.0 Å². The molecule has 4 N–H and O–H groups in total. The summed E-state index contributed by atoms with van der Waals surface area (Å²) in [5.74, 6) is -6.33. The summed E-state index contributed by atoms with van der Waals surface area (Å²) in [6, 6.07) is 16.8. The molecule has 2 aromatic carbocycles. The molecule has 0 aliphatic rings. The van der Waals surface area contributed by atoms with Crippen LogP contribution in [0.5, 0.6) is 0 Å². The van der Waals surface area contributed by atoms with Crippen LogP contribution in [-0.4, -0.2) is 44.8 Å². The van der Waals surface area contributed by atoms with E-state index in [1.807, 2.05) is 5.32 Å². The molecule has 1 heterocycles. The first kappa shape index (κ1) is 30.4. The van der Waals surface area contributed by atoms with Gasteiger partial charge in [-0.3, -0.25) is 14.9 Å². The average molecular weight is 562 g/mol. The fourth-order valence-electron chi connectivity index (χ4n) is 4.08. The molecule has 0 aliphatic carbocycles. The molecule has 1 atom stereocenters. The van der Waals surface area contributed by atoms with Gasteiger partial charge in [0.15, 0.2) is 0 Å². The standard InChI is InChI=1S/C28H30F3N3O6/c1-17(2)24(27(38,39)28(29,30)31)33-23(35)15-34-18(3)21(20-12-8-5-9-13-20)14-22(25(34)36)32-26(37)40-16-19-10-6-4-7-11-19/h4-14,17,24,38-39H,15-16H2,1-3H3,(H,32,37)(H,33,35). The molecule has 12 heteroatoms. The van der Waals surface area contributed by atoms with Gasteiger partial charge in [-0.15, -0.1) is 0 Å². The first-order valence-electron chi connectivity index (χ1n) is 12.3. The van der Waals surface area contributed by atoms with E-state index in [4.69, 9.17) is 4.74 Å². The van der Waals surface area contributed by atoms with Gasteiger partial charge in [-0.1, -0.05) is 74.5 Å².